The largest absolute Gasteiger partial charge is 0.493 e. The average Bonchev–Trinajstić information content (AvgIpc) is 2.18. The quantitative estimate of drug-likeness (QED) is 0.669. The molecule has 0 saturated carbocycles. The van der Waals surface area contributed by atoms with E-state index in [-0.39, 0.29) is 0 Å². The minimum Gasteiger partial charge on any atom is -0.493 e. The van der Waals surface area contributed by atoms with Crippen LogP contribution in [0.15, 0.2) is 18.2 Å². The lowest BCUT2D eigenvalue weighted by Crippen LogP contribution is -2.14. The van der Waals surface area contributed by atoms with Gasteiger partial charge in [-0.05, 0) is 36.5 Å². The molecule has 0 amide bonds. The molecule has 74 valence electrons. The van der Waals surface area contributed by atoms with Crippen LogP contribution < -0.4 is 4.74 Å². The summed E-state index contributed by atoms with van der Waals surface area (Å²) in [5, 5.41) is 0. The van der Waals surface area contributed by atoms with Crippen molar-refractivity contribution in [3.63, 3.8) is 0 Å². The first-order valence-electron chi connectivity index (χ1n) is 4.98. The summed E-state index contributed by atoms with van der Waals surface area (Å²) < 4.78 is 5.56. The van der Waals surface area contributed by atoms with Crippen molar-refractivity contribution >= 4 is 6.29 Å². The third kappa shape index (κ3) is 1.65. The summed E-state index contributed by atoms with van der Waals surface area (Å²) in [5.41, 5.74) is 2.39. The molecule has 2 rings (SSSR count). The molecule has 1 aliphatic heterocycles. The predicted molar refractivity (Wildman–Crippen MR) is 54.7 cm³/mol. The van der Waals surface area contributed by atoms with Crippen LogP contribution in [0.5, 0.6) is 5.75 Å². The van der Waals surface area contributed by atoms with Crippen LogP contribution in [-0.4, -0.2) is 12.9 Å². The number of benzene rings is 1. The third-order valence-electron chi connectivity index (χ3n) is 2.71. The van der Waals surface area contributed by atoms with Crippen LogP contribution in [-0.2, 0) is 4.79 Å². The van der Waals surface area contributed by atoms with Crippen LogP contribution in [0.25, 0.3) is 0 Å². The number of carbonyl (C=O) groups is 1. The molecule has 14 heavy (non-hydrogen) atoms. The molecule has 1 aliphatic rings. The second-order valence-electron chi connectivity index (χ2n) is 3.78. The molecule has 0 saturated heterocycles. The fraction of sp³-hybridized carbons (Fsp3) is 0.417. The Morgan fingerprint density at radius 2 is 2.43 bits per heavy atom. The summed E-state index contributed by atoms with van der Waals surface area (Å²) in [6, 6.07) is 6.20. The van der Waals surface area contributed by atoms with Crippen molar-refractivity contribution in [1.29, 1.82) is 0 Å². The van der Waals surface area contributed by atoms with Crippen molar-refractivity contribution in [1.82, 2.24) is 0 Å². The molecule has 0 fully saturated rings. The number of rotatable bonds is 2. The van der Waals surface area contributed by atoms with Crippen LogP contribution in [0.1, 0.15) is 29.9 Å². The molecule has 1 heterocycles. The Morgan fingerprint density at radius 3 is 3.21 bits per heavy atom. The maximum absolute atomic E-state index is 10.5. The normalized spacial score (nSPS) is 19.6. The standard InChI is InChI=1S/C12H14O2/c1-9-2-3-11-10(4-6-13)5-7-14-12(11)8-9/h2-3,6,8,10H,4-5,7H2,1H3. The molecular weight excluding hydrogens is 176 g/mol. The Labute approximate surface area is 83.9 Å². The van der Waals surface area contributed by atoms with Gasteiger partial charge in [0.25, 0.3) is 0 Å². The molecule has 1 unspecified atom stereocenters. The van der Waals surface area contributed by atoms with Gasteiger partial charge in [-0.15, -0.1) is 0 Å². The monoisotopic (exact) mass is 190 g/mol. The highest BCUT2D eigenvalue weighted by Crippen LogP contribution is 2.35. The molecule has 1 atom stereocenters. The first-order valence-corrected chi connectivity index (χ1v) is 4.98. The van der Waals surface area contributed by atoms with E-state index >= 15 is 0 Å². The second kappa shape index (κ2) is 3.82. The van der Waals surface area contributed by atoms with E-state index in [1.807, 2.05) is 13.0 Å². The molecule has 0 aliphatic carbocycles. The summed E-state index contributed by atoms with van der Waals surface area (Å²) >= 11 is 0. The topological polar surface area (TPSA) is 26.3 Å². The first-order chi connectivity index (χ1) is 6.81. The van der Waals surface area contributed by atoms with E-state index in [1.54, 1.807) is 0 Å². The van der Waals surface area contributed by atoms with Gasteiger partial charge in [-0.3, -0.25) is 0 Å². The number of aryl methyl sites for hydroxylation is 1. The fourth-order valence-corrected chi connectivity index (χ4v) is 1.93. The van der Waals surface area contributed by atoms with Gasteiger partial charge < -0.3 is 9.53 Å². The highest BCUT2D eigenvalue weighted by molar-refractivity contribution is 5.53. The summed E-state index contributed by atoms with van der Waals surface area (Å²) in [6.07, 6.45) is 2.56. The Bertz CT molecular complexity index is 344. The van der Waals surface area contributed by atoms with Crippen molar-refractivity contribution in [2.75, 3.05) is 6.61 Å². The number of carbonyl (C=O) groups excluding carboxylic acids is 1. The Morgan fingerprint density at radius 1 is 1.57 bits per heavy atom. The highest BCUT2D eigenvalue weighted by Gasteiger charge is 2.20. The zero-order chi connectivity index (χ0) is 9.97. The minimum absolute atomic E-state index is 0.358. The summed E-state index contributed by atoms with van der Waals surface area (Å²) in [7, 11) is 0. The summed E-state index contributed by atoms with van der Waals surface area (Å²) in [6.45, 7) is 2.78. The lowest BCUT2D eigenvalue weighted by Gasteiger charge is -2.24. The van der Waals surface area contributed by atoms with Crippen LogP contribution in [0.3, 0.4) is 0 Å². The van der Waals surface area contributed by atoms with Gasteiger partial charge in [-0.25, -0.2) is 0 Å². The van der Waals surface area contributed by atoms with E-state index in [4.69, 9.17) is 4.74 Å². The highest BCUT2D eigenvalue weighted by atomic mass is 16.5. The van der Waals surface area contributed by atoms with Crippen molar-refractivity contribution in [2.45, 2.75) is 25.7 Å². The Balaban J connectivity index is 2.34. The van der Waals surface area contributed by atoms with Gasteiger partial charge in [-0.2, -0.15) is 0 Å². The molecule has 0 spiro atoms. The fourth-order valence-electron chi connectivity index (χ4n) is 1.93. The van der Waals surface area contributed by atoms with Gasteiger partial charge >= 0.3 is 0 Å². The average molecular weight is 190 g/mol. The number of fused-ring (bicyclic) bond motifs is 1. The maximum Gasteiger partial charge on any atom is 0.123 e. The van der Waals surface area contributed by atoms with E-state index in [0.717, 1.165) is 25.1 Å². The molecule has 2 nitrogen and oxygen atoms in total. The first kappa shape index (κ1) is 9.25. The summed E-state index contributed by atoms with van der Waals surface area (Å²) in [5.74, 6) is 1.32. The number of aldehydes is 1. The van der Waals surface area contributed by atoms with E-state index in [9.17, 15) is 4.79 Å². The lowest BCUT2D eigenvalue weighted by molar-refractivity contribution is -0.108. The second-order valence-corrected chi connectivity index (χ2v) is 3.78. The molecule has 0 aromatic heterocycles. The third-order valence-corrected chi connectivity index (χ3v) is 2.71. The molecule has 2 heteroatoms. The van der Waals surface area contributed by atoms with E-state index in [1.165, 1.54) is 11.1 Å². The molecule has 0 N–H and O–H groups in total. The van der Waals surface area contributed by atoms with Gasteiger partial charge in [0.2, 0.25) is 0 Å². The SMILES string of the molecule is Cc1ccc2c(c1)OCCC2CC=O. The molecule has 0 bridgehead atoms. The van der Waals surface area contributed by atoms with Gasteiger partial charge in [0.05, 0.1) is 6.61 Å². The smallest absolute Gasteiger partial charge is 0.123 e. The van der Waals surface area contributed by atoms with Crippen molar-refractivity contribution in [2.24, 2.45) is 0 Å². The number of ether oxygens (including phenoxy) is 1. The number of hydrogen-bond acceptors (Lipinski definition) is 2. The van der Waals surface area contributed by atoms with Crippen LogP contribution >= 0.6 is 0 Å². The van der Waals surface area contributed by atoms with E-state index < -0.39 is 0 Å². The van der Waals surface area contributed by atoms with Crippen molar-refractivity contribution < 1.29 is 9.53 Å². The zero-order valence-electron chi connectivity index (χ0n) is 8.32. The minimum atomic E-state index is 0.358. The van der Waals surface area contributed by atoms with Crippen LogP contribution in [0.4, 0.5) is 0 Å². The van der Waals surface area contributed by atoms with E-state index in [0.29, 0.717) is 12.3 Å². The lowest BCUT2D eigenvalue weighted by atomic mass is 9.90. The number of hydrogen-bond donors (Lipinski definition) is 0. The predicted octanol–water partition coefficient (Wildman–Crippen LogP) is 2.45. The van der Waals surface area contributed by atoms with Gasteiger partial charge in [-0.1, -0.05) is 12.1 Å². The molecule has 1 aromatic carbocycles. The molecule has 1 aromatic rings. The maximum atomic E-state index is 10.5. The summed E-state index contributed by atoms with van der Waals surface area (Å²) in [4.78, 5) is 10.5. The van der Waals surface area contributed by atoms with Gasteiger partial charge in [0, 0.05) is 6.42 Å². The van der Waals surface area contributed by atoms with Crippen LogP contribution in [0.2, 0.25) is 0 Å². The van der Waals surface area contributed by atoms with Crippen LogP contribution in [0, 0.1) is 6.92 Å². The Hall–Kier alpha value is -1.31. The van der Waals surface area contributed by atoms with Gasteiger partial charge in [0.1, 0.15) is 12.0 Å². The zero-order valence-corrected chi connectivity index (χ0v) is 8.32. The van der Waals surface area contributed by atoms with E-state index in [2.05, 4.69) is 12.1 Å². The van der Waals surface area contributed by atoms with Crippen molar-refractivity contribution in [3.8, 4) is 5.75 Å². The van der Waals surface area contributed by atoms with Crippen molar-refractivity contribution in [3.05, 3.63) is 29.3 Å². The molecule has 0 radical (unpaired) electrons. The molecular formula is C12H14O2. The Kier molecular flexibility index (Phi) is 2.53. The van der Waals surface area contributed by atoms with Gasteiger partial charge in [0.15, 0.2) is 0 Å².